The second kappa shape index (κ2) is 21.4. The first-order chi connectivity index (χ1) is 21.7. The Balaban J connectivity index is 1.52. The summed E-state index contributed by atoms with van der Waals surface area (Å²) >= 11 is 0. The second-order valence-electron chi connectivity index (χ2n) is 11.8. The monoisotopic (exact) mass is 606 g/mol. The number of benzene rings is 3. The van der Waals surface area contributed by atoms with Crippen LogP contribution in [0, 0.1) is 0 Å². The molecule has 0 radical (unpaired) electrons. The van der Waals surface area contributed by atoms with Gasteiger partial charge in [0.15, 0.2) is 0 Å². The molecule has 6 heteroatoms. The van der Waals surface area contributed by atoms with Gasteiger partial charge in [-0.25, -0.2) is 9.59 Å². The Labute approximate surface area is 264 Å². The van der Waals surface area contributed by atoms with Crippen LogP contribution >= 0.6 is 0 Å². The fourth-order valence-electron chi connectivity index (χ4n) is 5.63. The first-order valence-electron chi connectivity index (χ1n) is 17.3. The maximum Gasteiger partial charge on any atom is 0.513 e. The van der Waals surface area contributed by atoms with E-state index in [0.717, 1.165) is 38.5 Å². The minimum absolute atomic E-state index is 0.330. The van der Waals surface area contributed by atoms with Crippen LogP contribution in [0.4, 0.5) is 9.59 Å². The van der Waals surface area contributed by atoms with Crippen LogP contribution in [-0.4, -0.2) is 25.5 Å². The van der Waals surface area contributed by atoms with Crippen LogP contribution < -0.4 is 9.47 Å². The molecule has 3 rings (SSSR count). The van der Waals surface area contributed by atoms with Crippen LogP contribution in [0.15, 0.2) is 48.5 Å². The lowest BCUT2D eigenvalue weighted by Crippen LogP contribution is -2.14. The highest BCUT2D eigenvalue weighted by Gasteiger charge is 2.21. The summed E-state index contributed by atoms with van der Waals surface area (Å²) in [5.74, 6) is 0.785. The molecule has 242 valence electrons. The molecule has 0 amide bonds. The van der Waals surface area contributed by atoms with E-state index < -0.39 is 12.3 Å². The van der Waals surface area contributed by atoms with Crippen molar-refractivity contribution in [1.29, 1.82) is 0 Å². The van der Waals surface area contributed by atoms with E-state index in [2.05, 4.69) is 13.8 Å². The third-order valence-corrected chi connectivity index (χ3v) is 8.14. The highest BCUT2D eigenvalue weighted by Crippen LogP contribution is 2.43. The Morgan fingerprint density at radius 1 is 0.432 bits per heavy atom. The van der Waals surface area contributed by atoms with Gasteiger partial charge in [0.05, 0.1) is 13.2 Å². The molecule has 0 atom stereocenters. The lowest BCUT2D eigenvalue weighted by atomic mass is 10.0. The Hall–Kier alpha value is -3.28. The SMILES string of the molecule is CCCCCCCCCCCOC(=O)Oc1c2ccccc2c(OC(=O)OCCCCCCCCCCC)c2ccccc12. The Kier molecular flexibility index (Phi) is 17.1. The van der Waals surface area contributed by atoms with Crippen LogP contribution in [0.1, 0.15) is 129 Å². The van der Waals surface area contributed by atoms with Crippen molar-refractivity contribution in [2.75, 3.05) is 13.2 Å². The van der Waals surface area contributed by atoms with Crippen molar-refractivity contribution in [3.05, 3.63) is 48.5 Å². The smallest absolute Gasteiger partial charge is 0.434 e. The second-order valence-corrected chi connectivity index (χ2v) is 11.8. The molecule has 3 aromatic carbocycles. The number of ether oxygens (including phenoxy) is 4. The van der Waals surface area contributed by atoms with Gasteiger partial charge in [0.25, 0.3) is 0 Å². The molecular weight excluding hydrogens is 552 g/mol. The molecule has 0 aliphatic heterocycles. The van der Waals surface area contributed by atoms with E-state index in [1.54, 1.807) is 0 Å². The molecule has 0 aliphatic rings. The van der Waals surface area contributed by atoms with Crippen molar-refractivity contribution in [3.8, 4) is 11.5 Å². The van der Waals surface area contributed by atoms with E-state index in [9.17, 15) is 9.59 Å². The van der Waals surface area contributed by atoms with Crippen LogP contribution in [0.2, 0.25) is 0 Å². The average molecular weight is 607 g/mol. The van der Waals surface area contributed by atoms with Gasteiger partial charge in [-0.3, -0.25) is 0 Å². The van der Waals surface area contributed by atoms with Crippen molar-refractivity contribution in [1.82, 2.24) is 0 Å². The zero-order chi connectivity index (χ0) is 31.2. The van der Waals surface area contributed by atoms with E-state index >= 15 is 0 Å². The minimum atomic E-state index is -0.728. The molecule has 0 fully saturated rings. The number of rotatable bonds is 22. The summed E-state index contributed by atoms with van der Waals surface area (Å²) in [6, 6.07) is 14.9. The Morgan fingerprint density at radius 3 is 1.00 bits per heavy atom. The lowest BCUT2D eigenvalue weighted by molar-refractivity contribution is 0.0965. The van der Waals surface area contributed by atoms with Crippen molar-refractivity contribution in [2.24, 2.45) is 0 Å². The molecular formula is C38H54O6. The molecule has 3 aromatic rings. The van der Waals surface area contributed by atoms with Crippen molar-refractivity contribution < 1.29 is 28.5 Å². The molecule has 0 N–H and O–H groups in total. The topological polar surface area (TPSA) is 71.1 Å². The van der Waals surface area contributed by atoms with Gasteiger partial charge in [-0.05, 0) is 12.8 Å². The molecule has 0 spiro atoms. The third-order valence-electron chi connectivity index (χ3n) is 8.14. The third kappa shape index (κ3) is 12.4. The fourth-order valence-corrected chi connectivity index (χ4v) is 5.63. The van der Waals surface area contributed by atoms with Crippen LogP contribution in [0.5, 0.6) is 11.5 Å². The first kappa shape index (κ1) is 35.2. The molecule has 0 heterocycles. The van der Waals surface area contributed by atoms with Crippen LogP contribution in [0.3, 0.4) is 0 Å². The van der Waals surface area contributed by atoms with Crippen LogP contribution in [-0.2, 0) is 9.47 Å². The van der Waals surface area contributed by atoms with Gasteiger partial charge in [-0.1, -0.05) is 165 Å². The van der Waals surface area contributed by atoms with Gasteiger partial charge < -0.3 is 18.9 Å². The summed E-state index contributed by atoms with van der Waals surface area (Å²) in [4.78, 5) is 25.4. The molecule has 0 saturated heterocycles. The quantitative estimate of drug-likeness (QED) is 0.0490. The summed E-state index contributed by atoms with van der Waals surface area (Å²) in [6.45, 7) is 5.13. The highest BCUT2D eigenvalue weighted by molar-refractivity contribution is 6.12. The minimum Gasteiger partial charge on any atom is -0.434 e. The van der Waals surface area contributed by atoms with Gasteiger partial charge in [0, 0.05) is 21.5 Å². The number of fused-ring (bicyclic) bond motifs is 2. The Morgan fingerprint density at radius 2 is 0.705 bits per heavy atom. The van der Waals surface area contributed by atoms with E-state index in [1.807, 2.05) is 48.5 Å². The molecule has 0 aliphatic carbocycles. The predicted octanol–water partition coefficient (Wildman–Crippen LogP) is 12.1. The molecule has 44 heavy (non-hydrogen) atoms. The molecule has 0 bridgehead atoms. The first-order valence-corrected chi connectivity index (χ1v) is 17.3. The van der Waals surface area contributed by atoms with Gasteiger partial charge in [-0.2, -0.15) is 0 Å². The van der Waals surface area contributed by atoms with Gasteiger partial charge in [0.2, 0.25) is 0 Å². The molecule has 0 aromatic heterocycles. The number of hydrogen-bond donors (Lipinski definition) is 0. The van der Waals surface area contributed by atoms with E-state index in [4.69, 9.17) is 18.9 Å². The van der Waals surface area contributed by atoms with E-state index in [0.29, 0.717) is 46.3 Å². The normalized spacial score (nSPS) is 11.1. The lowest BCUT2D eigenvalue weighted by Gasteiger charge is -2.16. The summed E-state index contributed by atoms with van der Waals surface area (Å²) < 4.78 is 22.4. The average Bonchev–Trinajstić information content (AvgIpc) is 3.04. The van der Waals surface area contributed by atoms with E-state index in [1.165, 1.54) is 77.0 Å². The summed E-state index contributed by atoms with van der Waals surface area (Å²) in [5, 5.41) is 2.64. The summed E-state index contributed by atoms with van der Waals surface area (Å²) in [6.07, 6.45) is 20.0. The fraction of sp³-hybridized carbons (Fsp3) is 0.579. The van der Waals surface area contributed by atoms with Crippen LogP contribution in [0.25, 0.3) is 21.5 Å². The van der Waals surface area contributed by atoms with Gasteiger partial charge in [-0.15, -0.1) is 0 Å². The number of carbonyl (C=O) groups is 2. The van der Waals surface area contributed by atoms with Crippen molar-refractivity contribution in [3.63, 3.8) is 0 Å². The predicted molar refractivity (Wildman–Crippen MR) is 180 cm³/mol. The summed E-state index contributed by atoms with van der Waals surface area (Å²) in [5.41, 5.74) is 0. The molecule has 6 nitrogen and oxygen atoms in total. The van der Waals surface area contributed by atoms with E-state index in [-0.39, 0.29) is 0 Å². The molecule has 0 saturated carbocycles. The summed E-state index contributed by atoms with van der Waals surface area (Å²) in [7, 11) is 0. The maximum absolute atomic E-state index is 12.7. The van der Waals surface area contributed by atoms with Gasteiger partial charge >= 0.3 is 12.3 Å². The molecule has 0 unspecified atom stereocenters. The number of carbonyl (C=O) groups excluding carboxylic acids is 2. The maximum atomic E-state index is 12.7. The highest BCUT2D eigenvalue weighted by atomic mass is 16.7. The van der Waals surface area contributed by atoms with Gasteiger partial charge in [0.1, 0.15) is 11.5 Å². The number of unbranched alkanes of at least 4 members (excludes halogenated alkanes) is 16. The van der Waals surface area contributed by atoms with Crippen molar-refractivity contribution >= 4 is 33.9 Å². The number of hydrogen-bond acceptors (Lipinski definition) is 6. The van der Waals surface area contributed by atoms with Crippen molar-refractivity contribution in [2.45, 2.75) is 129 Å². The zero-order valence-corrected chi connectivity index (χ0v) is 27.2. The standard InChI is InChI=1S/C38H54O6/c1-3-5-7-9-11-13-15-17-23-29-41-37(39)43-35-31-25-19-21-27-33(31)36(34-28-22-20-26-32(34)35)44-38(40)42-30-24-18-16-14-12-10-8-6-4-2/h19-22,25-28H,3-18,23-24,29-30H2,1-2H3. The Bertz CT molecular complexity index is 1100. The zero-order valence-electron chi connectivity index (χ0n) is 27.2. The largest absolute Gasteiger partial charge is 0.513 e.